The molecule has 0 aliphatic carbocycles. The summed E-state index contributed by atoms with van der Waals surface area (Å²) in [6, 6.07) is 16.0. The van der Waals surface area contributed by atoms with Crippen LogP contribution in [0.5, 0.6) is 0 Å². The van der Waals surface area contributed by atoms with Crippen LogP contribution in [0.2, 0.25) is 0 Å². The number of piperidine rings is 1. The quantitative estimate of drug-likeness (QED) is 0.621. The van der Waals surface area contributed by atoms with E-state index in [9.17, 15) is 4.79 Å². The number of rotatable bonds is 7. The van der Waals surface area contributed by atoms with Crippen molar-refractivity contribution in [1.29, 1.82) is 0 Å². The summed E-state index contributed by atoms with van der Waals surface area (Å²) in [5.41, 5.74) is 4.12. The number of carbonyl (C=O) groups is 1. The fourth-order valence-electron chi connectivity index (χ4n) is 4.13. The van der Waals surface area contributed by atoms with E-state index >= 15 is 0 Å². The number of pyridine rings is 1. The van der Waals surface area contributed by atoms with E-state index in [0.717, 1.165) is 48.4 Å². The van der Waals surface area contributed by atoms with E-state index in [2.05, 4.69) is 32.3 Å². The number of carbonyl (C=O) groups excluding carboxylic acids is 1. The van der Waals surface area contributed by atoms with Crippen molar-refractivity contribution in [2.24, 2.45) is 0 Å². The highest BCUT2D eigenvalue weighted by atomic mass is 16.2. The number of nitrogens with one attached hydrogen (secondary N) is 1. The van der Waals surface area contributed by atoms with E-state index in [1.807, 2.05) is 61.6 Å². The van der Waals surface area contributed by atoms with Crippen molar-refractivity contribution in [3.05, 3.63) is 72.3 Å². The zero-order valence-electron chi connectivity index (χ0n) is 18.7. The van der Waals surface area contributed by atoms with Crippen LogP contribution in [0.25, 0.3) is 11.1 Å². The smallest absolute Gasteiger partial charge is 0.234 e. The van der Waals surface area contributed by atoms with Gasteiger partial charge in [-0.15, -0.1) is 0 Å². The molecule has 0 saturated carbocycles. The third-order valence-electron chi connectivity index (χ3n) is 5.74. The Bertz CT molecular complexity index is 1030. The first-order valence-electron chi connectivity index (χ1n) is 11.1. The van der Waals surface area contributed by atoms with Crippen LogP contribution >= 0.6 is 0 Å². The first-order chi connectivity index (χ1) is 15.6. The van der Waals surface area contributed by atoms with E-state index in [0.29, 0.717) is 19.0 Å². The maximum atomic E-state index is 12.5. The van der Waals surface area contributed by atoms with Gasteiger partial charge in [-0.3, -0.25) is 14.7 Å². The number of amides is 1. The molecule has 1 N–H and O–H groups in total. The minimum absolute atomic E-state index is 0.0243. The lowest BCUT2D eigenvalue weighted by Gasteiger charge is -2.33. The van der Waals surface area contributed by atoms with Gasteiger partial charge >= 0.3 is 0 Å². The number of hydrogen-bond acceptors (Lipinski definition) is 6. The highest BCUT2D eigenvalue weighted by Crippen LogP contribution is 2.33. The Morgan fingerprint density at radius 1 is 1.12 bits per heavy atom. The highest BCUT2D eigenvalue weighted by molar-refractivity contribution is 5.78. The maximum Gasteiger partial charge on any atom is 0.234 e. The van der Waals surface area contributed by atoms with Crippen molar-refractivity contribution in [2.75, 3.05) is 38.6 Å². The van der Waals surface area contributed by atoms with E-state index in [1.54, 1.807) is 6.20 Å². The molecule has 0 bridgehead atoms. The van der Waals surface area contributed by atoms with Crippen molar-refractivity contribution in [2.45, 2.75) is 25.3 Å². The average molecular weight is 431 g/mol. The zero-order valence-corrected chi connectivity index (χ0v) is 18.7. The predicted molar refractivity (Wildman–Crippen MR) is 126 cm³/mol. The molecule has 1 aliphatic rings. The maximum absolute atomic E-state index is 12.5. The molecule has 4 rings (SSSR count). The molecule has 32 heavy (non-hydrogen) atoms. The molecule has 7 heteroatoms. The molecule has 3 aromatic rings. The number of aromatic nitrogens is 3. The van der Waals surface area contributed by atoms with Crippen LogP contribution in [0.3, 0.4) is 0 Å². The lowest BCUT2D eigenvalue weighted by Crippen LogP contribution is -2.42. The molecule has 2 aromatic heterocycles. The molecule has 1 saturated heterocycles. The van der Waals surface area contributed by atoms with Gasteiger partial charge in [0.25, 0.3) is 0 Å². The molecule has 1 atom stereocenters. The lowest BCUT2D eigenvalue weighted by molar-refractivity contribution is -0.122. The molecule has 0 radical (unpaired) electrons. The summed E-state index contributed by atoms with van der Waals surface area (Å²) >= 11 is 0. The molecule has 0 spiro atoms. The number of likely N-dealkylation sites (tertiary alicyclic amines) is 1. The average Bonchev–Trinajstić information content (AvgIpc) is 2.84. The van der Waals surface area contributed by atoms with Crippen LogP contribution in [-0.4, -0.2) is 59.5 Å². The molecule has 1 fully saturated rings. The third-order valence-corrected chi connectivity index (χ3v) is 5.74. The van der Waals surface area contributed by atoms with Crippen LogP contribution < -0.4 is 10.2 Å². The van der Waals surface area contributed by atoms with Gasteiger partial charge in [0.15, 0.2) is 0 Å². The van der Waals surface area contributed by atoms with Gasteiger partial charge in [0, 0.05) is 44.5 Å². The molecule has 7 nitrogen and oxygen atoms in total. The number of benzene rings is 1. The van der Waals surface area contributed by atoms with Gasteiger partial charge in [-0.2, -0.15) is 0 Å². The van der Waals surface area contributed by atoms with Crippen LogP contribution in [0.4, 0.5) is 5.95 Å². The fourth-order valence-corrected chi connectivity index (χ4v) is 4.13. The first-order valence-corrected chi connectivity index (χ1v) is 11.1. The van der Waals surface area contributed by atoms with Crippen LogP contribution in [0.1, 0.15) is 30.1 Å². The molecular weight excluding hydrogens is 400 g/mol. The lowest BCUT2D eigenvalue weighted by atomic mass is 9.90. The Morgan fingerprint density at radius 2 is 1.94 bits per heavy atom. The second kappa shape index (κ2) is 10.3. The molecular formula is C25H30N6O. The summed E-state index contributed by atoms with van der Waals surface area (Å²) < 4.78 is 0. The molecule has 1 unspecified atom stereocenters. The number of nitrogens with zero attached hydrogens (tertiary/aromatic N) is 5. The summed E-state index contributed by atoms with van der Waals surface area (Å²) in [5, 5.41) is 2.99. The number of hydrogen-bond donors (Lipinski definition) is 1. The Balaban J connectivity index is 1.47. The van der Waals surface area contributed by atoms with E-state index in [-0.39, 0.29) is 11.8 Å². The van der Waals surface area contributed by atoms with Crippen molar-refractivity contribution < 1.29 is 4.79 Å². The van der Waals surface area contributed by atoms with Crippen molar-refractivity contribution in [3.8, 4) is 11.1 Å². The molecule has 1 aromatic carbocycles. The third kappa shape index (κ3) is 5.48. The summed E-state index contributed by atoms with van der Waals surface area (Å²) in [5.74, 6) is 0.991. The van der Waals surface area contributed by atoms with Gasteiger partial charge in [-0.25, -0.2) is 9.97 Å². The molecule has 3 heterocycles. The summed E-state index contributed by atoms with van der Waals surface area (Å²) in [4.78, 5) is 30.5. The van der Waals surface area contributed by atoms with Gasteiger partial charge in [-0.1, -0.05) is 36.4 Å². The molecule has 166 valence electrons. The first kappa shape index (κ1) is 21.9. The molecule has 1 aliphatic heterocycles. The largest absolute Gasteiger partial charge is 0.349 e. The van der Waals surface area contributed by atoms with Crippen LogP contribution in [-0.2, 0) is 11.3 Å². The standard InChI is InChI=1S/C25H30N6O/c1-30(2)25-28-16-22(19-9-4-3-5-10-19)24(29-25)20-11-8-14-31(17-20)18-23(32)27-15-21-12-6-7-13-26-21/h3-7,9-10,12-13,16,20H,8,11,14-15,17-18H2,1-2H3,(H,27,32). The monoisotopic (exact) mass is 430 g/mol. The van der Waals surface area contributed by atoms with Gasteiger partial charge < -0.3 is 10.2 Å². The van der Waals surface area contributed by atoms with E-state index in [4.69, 9.17) is 4.98 Å². The Labute approximate surface area is 189 Å². The summed E-state index contributed by atoms with van der Waals surface area (Å²) in [6.45, 7) is 2.56. The fraction of sp³-hybridized carbons (Fsp3) is 0.360. The van der Waals surface area contributed by atoms with E-state index in [1.165, 1.54) is 0 Å². The van der Waals surface area contributed by atoms with Crippen molar-refractivity contribution in [1.82, 2.24) is 25.2 Å². The molecule has 1 amide bonds. The van der Waals surface area contributed by atoms with Gasteiger partial charge in [-0.05, 0) is 37.1 Å². The van der Waals surface area contributed by atoms with Crippen LogP contribution in [0.15, 0.2) is 60.9 Å². The Hall–Kier alpha value is -3.32. The van der Waals surface area contributed by atoms with Crippen LogP contribution in [0, 0.1) is 0 Å². The highest BCUT2D eigenvalue weighted by Gasteiger charge is 2.27. The summed E-state index contributed by atoms with van der Waals surface area (Å²) in [6.07, 6.45) is 5.76. The summed E-state index contributed by atoms with van der Waals surface area (Å²) in [7, 11) is 3.92. The minimum atomic E-state index is 0.0243. The SMILES string of the molecule is CN(C)c1ncc(-c2ccccc2)c(C2CCCN(CC(=O)NCc3ccccn3)C2)n1. The van der Waals surface area contributed by atoms with Crippen molar-refractivity contribution in [3.63, 3.8) is 0 Å². The topological polar surface area (TPSA) is 74.2 Å². The predicted octanol–water partition coefficient (Wildman–Crippen LogP) is 3.10. The van der Waals surface area contributed by atoms with Gasteiger partial charge in [0.2, 0.25) is 11.9 Å². The second-order valence-electron chi connectivity index (χ2n) is 8.40. The number of anilines is 1. The van der Waals surface area contributed by atoms with Crippen molar-refractivity contribution >= 4 is 11.9 Å². The Morgan fingerprint density at radius 3 is 2.69 bits per heavy atom. The Kier molecular flexibility index (Phi) is 7.07. The normalized spacial score (nSPS) is 16.5. The van der Waals surface area contributed by atoms with E-state index < -0.39 is 0 Å². The van der Waals surface area contributed by atoms with Gasteiger partial charge in [0.05, 0.1) is 24.5 Å². The second-order valence-corrected chi connectivity index (χ2v) is 8.40. The van der Waals surface area contributed by atoms with Gasteiger partial charge in [0.1, 0.15) is 0 Å². The minimum Gasteiger partial charge on any atom is -0.349 e. The zero-order chi connectivity index (χ0) is 22.3.